The Balaban J connectivity index is 2.03. The molecule has 0 saturated heterocycles. The van der Waals surface area contributed by atoms with Crippen molar-refractivity contribution >= 4 is 17.2 Å². The van der Waals surface area contributed by atoms with Crippen LogP contribution in [0.25, 0.3) is 0 Å². The number of rotatable bonds is 9. The third-order valence-corrected chi connectivity index (χ3v) is 4.92. The van der Waals surface area contributed by atoms with Gasteiger partial charge in [-0.15, -0.1) is 11.3 Å². The molecule has 5 nitrogen and oxygen atoms in total. The van der Waals surface area contributed by atoms with Crippen molar-refractivity contribution in [3.8, 4) is 11.5 Å². The molecular weight excluding hydrogens is 336 g/mol. The summed E-state index contributed by atoms with van der Waals surface area (Å²) in [6.45, 7) is 6.63. The molecule has 0 unspecified atom stereocenters. The monoisotopic (exact) mass is 362 g/mol. The number of nitrogens with one attached hydrogen (secondary N) is 1. The van der Waals surface area contributed by atoms with Crippen LogP contribution in [0.1, 0.15) is 60.1 Å². The Morgan fingerprint density at radius 1 is 1.32 bits per heavy atom. The number of ether oxygens (including phenoxy) is 2. The average molecular weight is 362 g/mol. The zero-order valence-corrected chi connectivity index (χ0v) is 16.1. The molecule has 1 amide bonds. The molecule has 0 bridgehead atoms. The first kappa shape index (κ1) is 19.2. The molecule has 0 fully saturated rings. The topological polar surface area (TPSA) is 60.5 Å². The normalized spacial score (nSPS) is 11.8. The van der Waals surface area contributed by atoms with Crippen molar-refractivity contribution in [2.75, 3.05) is 13.7 Å². The highest BCUT2D eigenvalue weighted by Gasteiger charge is 2.16. The third-order valence-electron chi connectivity index (χ3n) is 3.99. The molecule has 0 radical (unpaired) electrons. The van der Waals surface area contributed by atoms with Crippen LogP contribution >= 0.6 is 11.3 Å². The number of aromatic nitrogens is 1. The van der Waals surface area contributed by atoms with Gasteiger partial charge in [-0.25, -0.2) is 4.98 Å². The molecule has 1 atom stereocenters. The van der Waals surface area contributed by atoms with Crippen molar-refractivity contribution in [1.29, 1.82) is 0 Å². The van der Waals surface area contributed by atoms with Gasteiger partial charge < -0.3 is 14.8 Å². The molecule has 0 saturated carbocycles. The molecule has 1 N–H and O–H groups in total. The molecule has 2 rings (SSSR count). The van der Waals surface area contributed by atoms with Crippen LogP contribution in [0.4, 0.5) is 0 Å². The minimum absolute atomic E-state index is 0.105. The lowest BCUT2D eigenvalue weighted by Gasteiger charge is -2.17. The van der Waals surface area contributed by atoms with Crippen LogP contribution in [-0.2, 0) is 0 Å². The second kappa shape index (κ2) is 9.42. The highest BCUT2D eigenvalue weighted by atomic mass is 32.1. The fourth-order valence-electron chi connectivity index (χ4n) is 2.47. The van der Waals surface area contributed by atoms with Crippen molar-refractivity contribution in [3.63, 3.8) is 0 Å². The lowest BCUT2D eigenvalue weighted by atomic mass is 10.1. The van der Waals surface area contributed by atoms with Gasteiger partial charge in [-0.1, -0.05) is 25.8 Å². The van der Waals surface area contributed by atoms with E-state index in [4.69, 9.17) is 9.47 Å². The predicted molar refractivity (Wildman–Crippen MR) is 101 cm³/mol. The van der Waals surface area contributed by atoms with Gasteiger partial charge in [0.25, 0.3) is 5.91 Å². The number of carbonyl (C=O) groups is 1. The van der Waals surface area contributed by atoms with Crippen molar-refractivity contribution < 1.29 is 14.3 Å². The zero-order valence-electron chi connectivity index (χ0n) is 15.3. The molecule has 2 aromatic rings. The van der Waals surface area contributed by atoms with E-state index in [1.54, 1.807) is 12.6 Å². The highest BCUT2D eigenvalue weighted by molar-refractivity contribution is 7.11. The average Bonchev–Trinajstić information content (AvgIpc) is 3.04. The first-order valence-electron chi connectivity index (χ1n) is 8.58. The number of amides is 1. The predicted octanol–water partition coefficient (Wildman–Crippen LogP) is 4.52. The van der Waals surface area contributed by atoms with Gasteiger partial charge in [0.1, 0.15) is 4.88 Å². The molecular formula is C19H26N2O3S. The first-order chi connectivity index (χ1) is 12.1. The Bertz CT molecular complexity index is 700. The lowest BCUT2D eigenvalue weighted by molar-refractivity contribution is 0.0943. The van der Waals surface area contributed by atoms with Crippen molar-refractivity contribution in [1.82, 2.24) is 10.3 Å². The quantitative estimate of drug-likeness (QED) is 0.666. The van der Waals surface area contributed by atoms with Gasteiger partial charge in [0.15, 0.2) is 11.5 Å². The molecule has 0 spiro atoms. The van der Waals surface area contributed by atoms with E-state index in [9.17, 15) is 4.79 Å². The molecule has 1 heterocycles. The minimum Gasteiger partial charge on any atom is -0.493 e. The SMILES string of the molecule is CCCCCOc1ccc([C@H](C)NC(=O)c2scnc2C)cc1OC. The third kappa shape index (κ3) is 5.19. The molecule has 0 aliphatic heterocycles. The van der Waals surface area contributed by atoms with Crippen LogP contribution in [0.15, 0.2) is 23.7 Å². The molecule has 6 heteroatoms. The Labute approximate surface area is 153 Å². The number of hydrogen-bond acceptors (Lipinski definition) is 5. The number of unbranched alkanes of at least 4 members (excludes halogenated alkanes) is 2. The van der Waals surface area contributed by atoms with Gasteiger partial charge in [0, 0.05) is 0 Å². The molecule has 0 aliphatic rings. The van der Waals surface area contributed by atoms with E-state index >= 15 is 0 Å². The van der Waals surface area contributed by atoms with Gasteiger partial charge in [-0.05, 0) is 38.0 Å². The molecule has 25 heavy (non-hydrogen) atoms. The summed E-state index contributed by atoms with van der Waals surface area (Å²) in [5, 5.41) is 3.01. The van der Waals surface area contributed by atoms with E-state index in [1.807, 2.05) is 32.0 Å². The molecule has 0 aliphatic carbocycles. The maximum atomic E-state index is 12.3. The summed E-state index contributed by atoms with van der Waals surface area (Å²) in [4.78, 5) is 17.1. The number of benzene rings is 1. The Kier molecular flexibility index (Phi) is 7.25. The largest absolute Gasteiger partial charge is 0.493 e. The van der Waals surface area contributed by atoms with Crippen molar-refractivity contribution in [2.24, 2.45) is 0 Å². The summed E-state index contributed by atoms with van der Waals surface area (Å²) < 4.78 is 11.2. The van der Waals surface area contributed by atoms with Gasteiger partial charge in [-0.3, -0.25) is 4.79 Å². The number of methoxy groups -OCH3 is 1. The van der Waals surface area contributed by atoms with Gasteiger partial charge >= 0.3 is 0 Å². The molecule has 136 valence electrons. The number of aryl methyl sites for hydroxylation is 1. The second-order valence-electron chi connectivity index (χ2n) is 5.93. The number of carbonyl (C=O) groups excluding carboxylic acids is 1. The lowest BCUT2D eigenvalue weighted by Crippen LogP contribution is -2.26. The Morgan fingerprint density at radius 3 is 2.76 bits per heavy atom. The van der Waals surface area contributed by atoms with E-state index in [2.05, 4.69) is 17.2 Å². The fourth-order valence-corrected chi connectivity index (χ4v) is 3.18. The second-order valence-corrected chi connectivity index (χ2v) is 6.78. The first-order valence-corrected chi connectivity index (χ1v) is 9.46. The summed E-state index contributed by atoms with van der Waals surface area (Å²) in [5.41, 5.74) is 3.40. The van der Waals surface area contributed by atoms with Crippen LogP contribution in [0.5, 0.6) is 11.5 Å². The number of thiazole rings is 1. The Morgan fingerprint density at radius 2 is 2.12 bits per heavy atom. The van der Waals surface area contributed by atoms with E-state index in [0.717, 1.165) is 36.3 Å². The van der Waals surface area contributed by atoms with E-state index < -0.39 is 0 Å². The summed E-state index contributed by atoms with van der Waals surface area (Å²) in [6.07, 6.45) is 3.35. The number of hydrogen-bond donors (Lipinski definition) is 1. The van der Waals surface area contributed by atoms with Gasteiger partial charge in [0.05, 0.1) is 31.0 Å². The van der Waals surface area contributed by atoms with Gasteiger partial charge in [-0.2, -0.15) is 0 Å². The highest BCUT2D eigenvalue weighted by Crippen LogP contribution is 2.30. The fraction of sp³-hybridized carbons (Fsp3) is 0.474. The zero-order chi connectivity index (χ0) is 18.2. The smallest absolute Gasteiger partial charge is 0.263 e. The summed E-state index contributed by atoms with van der Waals surface area (Å²) in [5.74, 6) is 1.31. The van der Waals surface area contributed by atoms with E-state index in [1.165, 1.54) is 11.3 Å². The van der Waals surface area contributed by atoms with Crippen LogP contribution in [-0.4, -0.2) is 24.6 Å². The van der Waals surface area contributed by atoms with E-state index in [-0.39, 0.29) is 11.9 Å². The van der Waals surface area contributed by atoms with Crippen LogP contribution in [0.2, 0.25) is 0 Å². The van der Waals surface area contributed by atoms with Gasteiger partial charge in [0.2, 0.25) is 0 Å². The van der Waals surface area contributed by atoms with Crippen LogP contribution < -0.4 is 14.8 Å². The standard InChI is InChI=1S/C19H26N2O3S/c1-5-6-7-10-24-16-9-8-15(11-17(16)23-4)13(2)21-19(22)18-14(3)20-12-25-18/h8-9,11-13H,5-7,10H2,1-4H3,(H,21,22)/t13-/m0/s1. The Hall–Kier alpha value is -2.08. The van der Waals surface area contributed by atoms with Crippen molar-refractivity contribution in [2.45, 2.75) is 46.1 Å². The summed E-state index contributed by atoms with van der Waals surface area (Å²) in [6, 6.07) is 5.64. The molecule has 1 aromatic carbocycles. The number of nitrogens with zero attached hydrogens (tertiary/aromatic N) is 1. The maximum Gasteiger partial charge on any atom is 0.263 e. The molecule has 1 aromatic heterocycles. The van der Waals surface area contributed by atoms with Crippen LogP contribution in [0, 0.1) is 6.92 Å². The maximum absolute atomic E-state index is 12.3. The van der Waals surface area contributed by atoms with E-state index in [0.29, 0.717) is 17.2 Å². The van der Waals surface area contributed by atoms with Crippen molar-refractivity contribution in [3.05, 3.63) is 39.8 Å². The summed E-state index contributed by atoms with van der Waals surface area (Å²) >= 11 is 1.35. The minimum atomic E-state index is -0.142. The summed E-state index contributed by atoms with van der Waals surface area (Å²) in [7, 11) is 1.63. The van der Waals surface area contributed by atoms with Crippen LogP contribution in [0.3, 0.4) is 0 Å².